The Labute approximate surface area is 200 Å². The highest BCUT2D eigenvalue weighted by Crippen LogP contribution is 2.38. The van der Waals surface area contributed by atoms with Crippen LogP contribution in [0.2, 0.25) is 0 Å². The number of phenols is 1. The molecule has 2 aromatic rings. The second-order valence-electron chi connectivity index (χ2n) is 8.24. The maximum absolute atomic E-state index is 12.6. The molecule has 0 fully saturated rings. The van der Waals surface area contributed by atoms with Crippen LogP contribution in [0.5, 0.6) is 5.75 Å². The number of amidine groups is 1. The summed E-state index contributed by atoms with van der Waals surface area (Å²) in [4.78, 5) is 39.9. The molecule has 2 aliphatic heterocycles. The molecule has 0 bridgehead atoms. The van der Waals surface area contributed by atoms with Crippen LogP contribution in [-0.2, 0) is 14.4 Å². The van der Waals surface area contributed by atoms with Gasteiger partial charge in [0.05, 0.1) is 11.8 Å². The van der Waals surface area contributed by atoms with Gasteiger partial charge < -0.3 is 15.5 Å². The van der Waals surface area contributed by atoms with Crippen molar-refractivity contribution in [2.75, 3.05) is 0 Å². The molecule has 4 rings (SSSR count). The molecule has 3 N–H and O–H groups in total. The first-order chi connectivity index (χ1) is 16.2. The van der Waals surface area contributed by atoms with Crippen LogP contribution < -0.4 is 5.32 Å². The lowest BCUT2D eigenvalue weighted by molar-refractivity contribution is -0.141. The molecule has 0 saturated carbocycles. The van der Waals surface area contributed by atoms with Crippen molar-refractivity contribution in [3.63, 3.8) is 0 Å². The monoisotopic (exact) mass is 480 g/mol. The first-order valence-electron chi connectivity index (χ1n) is 10.8. The molecule has 2 heterocycles. The summed E-state index contributed by atoms with van der Waals surface area (Å²) in [6.07, 6.45) is 0.392. The average molecular weight is 481 g/mol. The van der Waals surface area contributed by atoms with E-state index in [0.29, 0.717) is 11.6 Å². The van der Waals surface area contributed by atoms with E-state index in [1.54, 1.807) is 29.3 Å². The molecule has 3 atom stereocenters. The van der Waals surface area contributed by atoms with Gasteiger partial charge in [-0.1, -0.05) is 53.7 Å². The predicted molar refractivity (Wildman–Crippen MR) is 129 cm³/mol. The minimum absolute atomic E-state index is 0.150. The van der Waals surface area contributed by atoms with Crippen molar-refractivity contribution in [2.24, 2.45) is 10.1 Å². The fraction of sp³-hybridized carbons (Fsp3) is 0.292. The van der Waals surface area contributed by atoms with Crippen LogP contribution in [-0.4, -0.2) is 55.2 Å². The SMILES string of the molecule is Cc1ccc(C2=NN(C3=NC(=O)[C@H](CC(=O)N[C@@H](C)C(=O)O)S3)[C@H](c3ccc(O)cc3)C2)cc1. The van der Waals surface area contributed by atoms with Gasteiger partial charge in [0, 0.05) is 12.8 Å². The maximum atomic E-state index is 12.6. The number of aryl methyl sites for hydroxylation is 1. The van der Waals surface area contributed by atoms with Gasteiger partial charge >= 0.3 is 5.97 Å². The first-order valence-corrected chi connectivity index (χ1v) is 11.6. The Morgan fingerprint density at radius 3 is 2.50 bits per heavy atom. The van der Waals surface area contributed by atoms with Crippen molar-refractivity contribution >= 4 is 40.4 Å². The van der Waals surface area contributed by atoms with Gasteiger partial charge in [0.15, 0.2) is 5.17 Å². The van der Waals surface area contributed by atoms with E-state index < -0.39 is 29.1 Å². The lowest BCUT2D eigenvalue weighted by Gasteiger charge is -2.23. The summed E-state index contributed by atoms with van der Waals surface area (Å²) in [5.41, 5.74) is 3.83. The number of aliphatic imine (C=N–C) groups is 1. The highest BCUT2D eigenvalue weighted by Gasteiger charge is 2.39. The first kappa shape index (κ1) is 23.5. The van der Waals surface area contributed by atoms with Crippen molar-refractivity contribution in [3.05, 3.63) is 65.2 Å². The second kappa shape index (κ2) is 9.68. The average Bonchev–Trinajstić information content (AvgIpc) is 3.39. The maximum Gasteiger partial charge on any atom is 0.325 e. The molecule has 0 saturated heterocycles. The van der Waals surface area contributed by atoms with E-state index >= 15 is 0 Å². The molecule has 10 heteroatoms. The third-order valence-electron chi connectivity index (χ3n) is 5.62. The van der Waals surface area contributed by atoms with Crippen molar-refractivity contribution in [3.8, 4) is 5.75 Å². The Kier molecular flexibility index (Phi) is 6.69. The minimum atomic E-state index is -1.15. The normalized spacial score (nSPS) is 20.6. The number of hydrogen-bond acceptors (Lipinski definition) is 7. The van der Waals surface area contributed by atoms with Crippen molar-refractivity contribution in [1.29, 1.82) is 0 Å². The third-order valence-corrected chi connectivity index (χ3v) is 6.76. The molecule has 9 nitrogen and oxygen atoms in total. The molecule has 2 aliphatic rings. The smallest absolute Gasteiger partial charge is 0.325 e. The highest BCUT2D eigenvalue weighted by molar-refractivity contribution is 8.15. The van der Waals surface area contributed by atoms with Gasteiger partial charge in [-0.05, 0) is 37.1 Å². The molecule has 2 amide bonds. The van der Waals surface area contributed by atoms with Crippen molar-refractivity contribution < 1.29 is 24.6 Å². The summed E-state index contributed by atoms with van der Waals surface area (Å²) < 4.78 is 0. The number of nitrogens with one attached hydrogen (secondary N) is 1. The number of rotatable bonds is 6. The number of phenolic OH excluding ortho intramolecular Hbond substituents is 1. The summed E-state index contributed by atoms with van der Waals surface area (Å²) in [6, 6.07) is 13.5. The second-order valence-corrected chi connectivity index (χ2v) is 9.41. The number of carboxylic acid groups (broad SMARTS) is 1. The van der Waals surface area contributed by atoms with Crippen molar-refractivity contribution in [1.82, 2.24) is 10.3 Å². The van der Waals surface area contributed by atoms with Gasteiger partial charge in [0.1, 0.15) is 17.0 Å². The Hall–Kier alpha value is -3.66. The largest absolute Gasteiger partial charge is 0.508 e. The number of amides is 2. The number of aliphatic carboxylic acids is 1. The highest BCUT2D eigenvalue weighted by atomic mass is 32.2. The number of carbonyl (C=O) groups excluding carboxylic acids is 2. The Morgan fingerprint density at radius 1 is 1.18 bits per heavy atom. The van der Waals surface area contributed by atoms with Crippen LogP contribution >= 0.6 is 11.8 Å². The molecule has 0 radical (unpaired) electrons. The van der Waals surface area contributed by atoms with Gasteiger partial charge in [-0.15, -0.1) is 0 Å². The third kappa shape index (κ3) is 5.12. The molecule has 34 heavy (non-hydrogen) atoms. The molecule has 0 spiro atoms. The topological polar surface area (TPSA) is 132 Å². The van der Waals surface area contributed by atoms with E-state index in [9.17, 15) is 19.5 Å². The van der Waals surface area contributed by atoms with Crippen LogP contribution in [0, 0.1) is 6.92 Å². The number of hydrogen-bond donors (Lipinski definition) is 3. The zero-order chi connectivity index (χ0) is 24.4. The summed E-state index contributed by atoms with van der Waals surface area (Å²) in [6.45, 7) is 3.37. The summed E-state index contributed by atoms with van der Waals surface area (Å²) in [5.74, 6) is -1.99. The molecule has 0 unspecified atom stereocenters. The van der Waals surface area contributed by atoms with E-state index in [2.05, 4.69) is 10.3 Å². The van der Waals surface area contributed by atoms with Gasteiger partial charge in [-0.25, -0.2) is 5.01 Å². The number of carboxylic acids is 1. The van der Waals surface area contributed by atoms with Crippen LogP contribution in [0.15, 0.2) is 58.6 Å². The summed E-state index contributed by atoms with van der Waals surface area (Å²) >= 11 is 1.14. The van der Waals surface area contributed by atoms with E-state index in [1.807, 2.05) is 31.2 Å². The summed E-state index contributed by atoms with van der Waals surface area (Å²) in [5, 5.41) is 27.1. The molecule has 0 aliphatic carbocycles. The molecule has 176 valence electrons. The quantitative estimate of drug-likeness (QED) is 0.579. The lowest BCUT2D eigenvalue weighted by Crippen LogP contribution is -2.39. The minimum Gasteiger partial charge on any atom is -0.508 e. The fourth-order valence-electron chi connectivity index (χ4n) is 3.70. The Balaban J connectivity index is 1.56. The van der Waals surface area contributed by atoms with E-state index in [0.717, 1.165) is 34.2 Å². The van der Waals surface area contributed by atoms with Crippen LogP contribution in [0.4, 0.5) is 0 Å². The van der Waals surface area contributed by atoms with E-state index in [-0.39, 0.29) is 18.2 Å². The molecule has 2 aromatic carbocycles. The summed E-state index contributed by atoms with van der Waals surface area (Å²) in [7, 11) is 0. The standard InChI is InChI=1S/C24H24N4O5S/c1-13-3-5-15(6-4-13)18-11-19(16-7-9-17(29)10-8-16)28(27-18)24-26-22(31)20(34-24)12-21(30)25-14(2)23(32)33/h3-10,14,19-20,29H,11-12H2,1-2H3,(H,25,30)(H,32,33)/t14-,19-,20-/m0/s1. The number of nitrogens with zero attached hydrogens (tertiary/aromatic N) is 3. The van der Waals surface area contributed by atoms with Crippen molar-refractivity contribution in [2.45, 2.75) is 44.0 Å². The van der Waals surface area contributed by atoms with Crippen LogP contribution in [0.3, 0.4) is 0 Å². The van der Waals surface area contributed by atoms with Gasteiger partial charge in [-0.2, -0.15) is 10.1 Å². The zero-order valence-corrected chi connectivity index (χ0v) is 19.5. The van der Waals surface area contributed by atoms with Gasteiger partial charge in [0.2, 0.25) is 5.91 Å². The lowest BCUT2D eigenvalue weighted by atomic mass is 9.98. The molecular weight excluding hydrogens is 456 g/mol. The predicted octanol–water partition coefficient (Wildman–Crippen LogP) is 2.83. The number of hydrazone groups is 1. The number of benzene rings is 2. The van der Waals surface area contributed by atoms with E-state index in [4.69, 9.17) is 10.2 Å². The molecular formula is C24H24N4O5S. The van der Waals surface area contributed by atoms with Gasteiger partial charge in [-0.3, -0.25) is 14.4 Å². The molecule has 0 aromatic heterocycles. The Bertz CT molecular complexity index is 1180. The fourth-order valence-corrected chi connectivity index (χ4v) is 4.76. The van der Waals surface area contributed by atoms with E-state index in [1.165, 1.54) is 6.92 Å². The number of carbonyl (C=O) groups is 3. The number of aromatic hydroxyl groups is 1. The Morgan fingerprint density at radius 2 is 1.85 bits per heavy atom. The van der Waals surface area contributed by atoms with Crippen LogP contribution in [0.1, 0.15) is 42.5 Å². The van der Waals surface area contributed by atoms with Gasteiger partial charge in [0.25, 0.3) is 5.91 Å². The zero-order valence-electron chi connectivity index (χ0n) is 18.6. The number of thioether (sulfide) groups is 1. The van der Waals surface area contributed by atoms with Crippen LogP contribution in [0.25, 0.3) is 0 Å².